The second-order valence-corrected chi connectivity index (χ2v) is 8.30. The largest absolute Gasteiger partial charge is 0.332 e. The minimum atomic E-state index is -0.587. The average Bonchev–Trinajstić information content (AvgIpc) is 3.22. The number of rotatable bonds is 5. The van der Waals surface area contributed by atoms with E-state index in [1.165, 1.54) is 40.2 Å². The maximum absolute atomic E-state index is 13.2. The van der Waals surface area contributed by atoms with E-state index in [0.717, 1.165) is 15.7 Å². The Hall–Kier alpha value is -3.52. The van der Waals surface area contributed by atoms with Gasteiger partial charge in [-0.1, -0.05) is 24.3 Å². The van der Waals surface area contributed by atoms with E-state index >= 15 is 0 Å². The smallest absolute Gasteiger partial charge is 0.324 e. The molecular weight excluding hydrogens is 417 g/mol. The predicted molar refractivity (Wildman–Crippen MR) is 120 cm³/mol. The third-order valence-electron chi connectivity index (χ3n) is 5.06. The fourth-order valence-electron chi connectivity index (χ4n) is 3.40. The van der Waals surface area contributed by atoms with Crippen LogP contribution < -0.4 is 16.6 Å². The van der Waals surface area contributed by atoms with E-state index < -0.39 is 17.1 Å². The van der Waals surface area contributed by atoms with Gasteiger partial charge >= 0.3 is 5.69 Å². The van der Waals surface area contributed by atoms with E-state index in [2.05, 4.69) is 5.32 Å². The highest BCUT2D eigenvalue weighted by atomic mass is 32.1. The molecule has 1 N–H and O–H groups in total. The van der Waals surface area contributed by atoms with Crippen molar-refractivity contribution in [1.82, 2.24) is 9.13 Å². The molecule has 0 aliphatic carbocycles. The minimum Gasteiger partial charge on any atom is -0.324 e. The lowest BCUT2D eigenvalue weighted by Gasteiger charge is -2.13. The van der Waals surface area contributed by atoms with Crippen LogP contribution in [0.4, 0.5) is 10.1 Å². The molecule has 6 nitrogen and oxygen atoms in total. The maximum atomic E-state index is 13.2. The van der Waals surface area contributed by atoms with E-state index in [-0.39, 0.29) is 19.0 Å². The molecule has 0 saturated heterocycles. The van der Waals surface area contributed by atoms with Crippen molar-refractivity contribution in [2.75, 3.05) is 5.32 Å². The third-order valence-corrected chi connectivity index (χ3v) is 5.95. The molecule has 0 bridgehead atoms. The SMILES string of the molecule is Cc1ccc(C)c(NC(=O)Cn2c(=O)n(Cc3ccc(F)cc3)c(=O)c3sccc32)c1. The van der Waals surface area contributed by atoms with Crippen LogP contribution in [-0.4, -0.2) is 15.0 Å². The fourth-order valence-corrected chi connectivity index (χ4v) is 4.24. The molecule has 0 atom stereocenters. The number of aromatic nitrogens is 2. The number of nitrogens with zero attached hydrogens (tertiary/aromatic N) is 2. The van der Waals surface area contributed by atoms with Crippen molar-refractivity contribution in [3.05, 3.63) is 97.3 Å². The van der Waals surface area contributed by atoms with Crippen molar-refractivity contribution < 1.29 is 9.18 Å². The van der Waals surface area contributed by atoms with Gasteiger partial charge in [0.1, 0.15) is 17.1 Å². The Kier molecular flexibility index (Phi) is 5.56. The van der Waals surface area contributed by atoms with Crippen LogP contribution in [0.1, 0.15) is 16.7 Å². The number of amides is 1. The molecule has 0 radical (unpaired) electrons. The summed E-state index contributed by atoms with van der Waals surface area (Å²) in [6.45, 7) is 3.58. The number of carbonyl (C=O) groups excluding carboxylic acids is 1. The fraction of sp³-hybridized carbons (Fsp3) is 0.174. The monoisotopic (exact) mass is 437 g/mol. The number of anilines is 1. The van der Waals surface area contributed by atoms with Gasteiger partial charge in [0.2, 0.25) is 5.91 Å². The van der Waals surface area contributed by atoms with Gasteiger partial charge in [0.15, 0.2) is 0 Å². The number of thiophene rings is 1. The molecule has 2 heterocycles. The standard InChI is InChI=1S/C23H20FN3O3S/c1-14-3-4-15(2)18(11-14)25-20(28)13-26-19-9-10-31-21(19)22(29)27(23(26)30)12-16-5-7-17(24)8-6-16/h3-11H,12-13H2,1-2H3,(H,25,28). The third kappa shape index (κ3) is 4.20. The molecule has 0 saturated carbocycles. The highest BCUT2D eigenvalue weighted by Crippen LogP contribution is 2.18. The first-order valence-corrected chi connectivity index (χ1v) is 10.5. The second kappa shape index (κ2) is 8.31. The Morgan fingerprint density at radius 3 is 2.52 bits per heavy atom. The van der Waals surface area contributed by atoms with Crippen molar-refractivity contribution in [2.24, 2.45) is 0 Å². The molecule has 0 spiro atoms. The summed E-state index contributed by atoms with van der Waals surface area (Å²) < 4.78 is 16.0. The molecule has 4 rings (SSSR count). The van der Waals surface area contributed by atoms with Crippen LogP contribution in [0.25, 0.3) is 10.2 Å². The van der Waals surface area contributed by atoms with Crippen LogP contribution in [-0.2, 0) is 17.9 Å². The van der Waals surface area contributed by atoms with Gasteiger partial charge in [-0.15, -0.1) is 11.3 Å². The Balaban J connectivity index is 1.72. The number of nitrogens with one attached hydrogen (secondary N) is 1. The number of carbonyl (C=O) groups is 1. The van der Waals surface area contributed by atoms with Gasteiger partial charge in [0.25, 0.3) is 5.56 Å². The van der Waals surface area contributed by atoms with Gasteiger partial charge in [0.05, 0.1) is 12.1 Å². The Bertz CT molecular complexity index is 1400. The molecule has 0 unspecified atom stereocenters. The lowest BCUT2D eigenvalue weighted by molar-refractivity contribution is -0.116. The zero-order valence-electron chi connectivity index (χ0n) is 17.0. The molecule has 0 aliphatic rings. The van der Waals surface area contributed by atoms with Gasteiger partial charge in [-0.25, -0.2) is 9.18 Å². The highest BCUT2D eigenvalue weighted by Gasteiger charge is 2.17. The summed E-state index contributed by atoms with van der Waals surface area (Å²) in [6, 6.07) is 13.0. The summed E-state index contributed by atoms with van der Waals surface area (Å²) in [5.74, 6) is -0.763. The average molecular weight is 437 g/mol. The zero-order valence-corrected chi connectivity index (χ0v) is 17.8. The summed E-state index contributed by atoms with van der Waals surface area (Å²) in [7, 11) is 0. The van der Waals surface area contributed by atoms with E-state index in [1.54, 1.807) is 11.4 Å². The van der Waals surface area contributed by atoms with E-state index in [4.69, 9.17) is 0 Å². The molecule has 1 amide bonds. The molecule has 0 fully saturated rings. The lowest BCUT2D eigenvalue weighted by atomic mass is 10.1. The van der Waals surface area contributed by atoms with Crippen LogP contribution in [0, 0.1) is 19.7 Å². The molecule has 0 aliphatic heterocycles. The van der Waals surface area contributed by atoms with Gasteiger partial charge in [-0.3, -0.25) is 18.7 Å². The molecule has 158 valence electrons. The summed E-state index contributed by atoms with van der Waals surface area (Å²) >= 11 is 1.21. The Morgan fingerprint density at radius 1 is 1.03 bits per heavy atom. The molecule has 2 aromatic heterocycles. The van der Waals surface area contributed by atoms with Crippen molar-refractivity contribution in [2.45, 2.75) is 26.9 Å². The van der Waals surface area contributed by atoms with Gasteiger partial charge in [-0.2, -0.15) is 0 Å². The van der Waals surface area contributed by atoms with Crippen LogP contribution in [0.2, 0.25) is 0 Å². The predicted octanol–water partition coefficient (Wildman–Crippen LogP) is 3.67. The van der Waals surface area contributed by atoms with Crippen molar-refractivity contribution in [3.8, 4) is 0 Å². The summed E-state index contributed by atoms with van der Waals surface area (Å²) in [5.41, 5.74) is 2.62. The Labute approximate surface area is 181 Å². The first-order chi connectivity index (χ1) is 14.8. The highest BCUT2D eigenvalue weighted by molar-refractivity contribution is 7.17. The lowest BCUT2D eigenvalue weighted by Crippen LogP contribution is -2.41. The van der Waals surface area contributed by atoms with Crippen LogP contribution in [0.15, 0.2) is 63.5 Å². The number of hydrogen-bond acceptors (Lipinski definition) is 4. The van der Waals surface area contributed by atoms with Crippen LogP contribution in [0.3, 0.4) is 0 Å². The van der Waals surface area contributed by atoms with E-state index in [0.29, 0.717) is 21.5 Å². The summed E-state index contributed by atoms with van der Waals surface area (Å²) in [6.07, 6.45) is 0. The molecule has 4 aromatic rings. The number of hydrogen-bond donors (Lipinski definition) is 1. The van der Waals surface area contributed by atoms with Crippen molar-refractivity contribution in [3.63, 3.8) is 0 Å². The summed E-state index contributed by atoms with van der Waals surface area (Å²) in [5, 5.41) is 4.56. The van der Waals surface area contributed by atoms with E-state index in [9.17, 15) is 18.8 Å². The molecule has 8 heteroatoms. The molecule has 31 heavy (non-hydrogen) atoms. The number of benzene rings is 2. The summed E-state index contributed by atoms with van der Waals surface area (Å²) in [4.78, 5) is 38.8. The van der Waals surface area contributed by atoms with Gasteiger partial charge in [-0.05, 0) is 60.2 Å². The van der Waals surface area contributed by atoms with Crippen LogP contribution in [0.5, 0.6) is 0 Å². The Morgan fingerprint density at radius 2 is 1.77 bits per heavy atom. The van der Waals surface area contributed by atoms with Crippen LogP contribution >= 0.6 is 11.3 Å². The first kappa shape index (κ1) is 20.7. The number of fused-ring (bicyclic) bond motifs is 1. The van der Waals surface area contributed by atoms with Crippen molar-refractivity contribution >= 4 is 33.1 Å². The normalized spacial score (nSPS) is 11.1. The van der Waals surface area contributed by atoms with Gasteiger partial charge < -0.3 is 5.32 Å². The van der Waals surface area contributed by atoms with E-state index in [1.807, 2.05) is 32.0 Å². The molecule has 2 aromatic carbocycles. The quantitative estimate of drug-likeness (QED) is 0.518. The minimum absolute atomic E-state index is 0.00953. The van der Waals surface area contributed by atoms with Gasteiger partial charge in [0, 0.05) is 5.69 Å². The molecular formula is C23H20FN3O3S. The maximum Gasteiger partial charge on any atom is 0.332 e. The number of halogens is 1. The zero-order chi connectivity index (χ0) is 22.1. The van der Waals surface area contributed by atoms with Crippen molar-refractivity contribution in [1.29, 1.82) is 0 Å². The first-order valence-electron chi connectivity index (χ1n) is 9.66. The topological polar surface area (TPSA) is 73.1 Å². The second-order valence-electron chi connectivity index (χ2n) is 7.39. The number of aryl methyl sites for hydroxylation is 2.